The number of ether oxygens (including phenoxy) is 1. The summed E-state index contributed by atoms with van der Waals surface area (Å²) < 4.78 is 7.46. The molecule has 1 aliphatic rings. The van der Waals surface area contributed by atoms with Gasteiger partial charge in [-0.2, -0.15) is 5.10 Å². The van der Waals surface area contributed by atoms with Crippen LogP contribution in [0.1, 0.15) is 41.1 Å². The first-order chi connectivity index (χ1) is 12.3. The molecule has 2 atom stereocenters. The molecule has 6 heteroatoms. The second kappa shape index (κ2) is 6.94. The summed E-state index contributed by atoms with van der Waals surface area (Å²) in [5.74, 6) is -0.0871. The van der Waals surface area contributed by atoms with Crippen molar-refractivity contribution in [3.05, 3.63) is 46.8 Å². The van der Waals surface area contributed by atoms with Crippen molar-refractivity contribution in [2.24, 2.45) is 13.0 Å². The highest BCUT2D eigenvalue weighted by Gasteiger charge is 2.40. The number of esters is 1. The van der Waals surface area contributed by atoms with Gasteiger partial charge in [0.1, 0.15) is 5.75 Å². The van der Waals surface area contributed by atoms with Gasteiger partial charge in [-0.25, -0.2) is 0 Å². The molecular formula is C20H25N3O3. The Balaban J connectivity index is 1.90. The number of nitrogens with zero attached hydrogens (tertiary/aromatic N) is 3. The van der Waals surface area contributed by atoms with Crippen molar-refractivity contribution in [3.63, 3.8) is 0 Å². The lowest BCUT2D eigenvalue weighted by atomic mass is 9.86. The van der Waals surface area contributed by atoms with Gasteiger partial charge in [0.05, 0.1) is 18.2 Å². The van der Waals surface area contributed by atoms with Gasteiger partial charge < -0.3 is 9.64 Å². The summed E-state index contributed by atoms with van der Waals surface area (Å²) in [6.07, 6.45) is 4.38. The van der Waals surface area contributed by atoms with E-state index < -0.39 is 5.92 Å². The average molecular weight is 355 g/mol. The zero-order valence-corrected chi connectivity index (χ0v) is 15.9. The van der Waals surface area contributed by atoms with Crippen LogP contribution < -0.4 is 4.74 Å². The Labute approximate surface area is 153 Å². The van der Waals surface area contributed by atoms with Crippen molar-refractivity contribution < 1.29 is 14.3 Å². The van der Waals surface area contributed by atoms with Crippen LogP contribution in [-0.2, 0) is 16.6 Å². The highest BCUT2D eigenvalue weighted by molar-refractivity contribution is 5.83. The number of hydrogen-bond acceptors (Lipinski definition) is 4. The summed E-state index contributed by atoms with van der Waals surface area (Å²) in [5.41, 5.74) is 3.95. The van der Waals surface area contributed by atoms with Crippen LogP contribution in [0, 0.1) is 26.7 Å². The molecule has 0 unspecified atom stereocenters. The summed E-state index contributed by atoms with van der Waals surface area (Å²) in [4.78, 5) is 26.8. The van der Waals surface area contributed by atoms with Crippen molar-refractivity contribution in [1.82, 2.24) is 14.7 Å². The number of amides is 1. The van der Waals surface area contributed by atoms with Gasteiger partial charge in [0.2, 0.25) is 5.91 Å². The molecule has 1 fully saturated rings. The highest BCUT2D eigenvalue weighted by atomic mass is 16.5. The quantitative estimate of drug-likeness (QED) is 0.627. The number of carbonyl (C=O) groups excluding carboxylic acids is 2. The average Bonchev–Trinajstić information content (AvgIpc) is 3.00. The molecule has 0 spiro atoms. The molecular weight excluding hydrogens is 330 g/mol. The second-order valence-electron chi connectivity index (χ2n) is 7.17. The van der Waals surface area contributed by atoms with Crippen LogP contribution in [0.3, 0.4) is 0 Å². The van der Waals surface area contributed by atoms with Crippen molar-refractivity contribution in [2.45, 2.75) is 39.7 Å². The largest absolute Gasteiger partial charge is 0.426 e. The molecule has 1 saturated heterocycles. The summed E-state index contributed by atoms with van der Waals surface area (Å²) >= 11 is 0. The predicted molar refractivity (Wildman–Crippen MR) is 97.7 cm³/mol. The van der Waals surface area contributed by atoms with Gasteiger partial charge in [-0.15, -0.1) is 0 Å². The molecule has 1 aliphatic heterocycles. The Kier molecular flexibility index (Phi) is 4.85. The number of likely N-dealkylation sites (tertiary alicyclic amines) is 1. The summed E-state index contributed by atoms with van der Waals surface area (Å²) in [6, 6.07) is 3.60. The number of aryl methyl sites for hydroxylation is 3. The van der Waals surface area contributed by atoms with E-state index in [1.54, 1.807) is 22.8 Å². The van der Waals surface area contributed by atoms with E-state index in [2.05, 4.69) is 11.2 Å². The van der Waals surface area contributed by atoms with Gasteiger partial charge in [-0.3, -0.25) is 14.3 Å². The van der Waals surface area contributed by atoms with E-state index >= 15 is 0 Å². The standard InChI is InChI=1S/C20H25N3O3/c1-12-8-13(2)14(3)17(9-12)26-20(25)16-6-7-18(24)23(5)19(16)15-10-21-22(4)11-15/h8-11,16,19H,6-7H2,1-5H3/t16-,19+/m1/s1. The van der Waals surface area contributed by atoms with Gasteiger partial charge in [-0.05, 0) is 49.9 Å². The van der Waals surface area contributed by atoms with E-state index in [1.807, 2.05) is 40.1 Å². The van der Waals surface area contributed by atoms with Crippen molar-refractivity contribution in [3.8, 4) is 5.75 Å². The van der Waals surface area contributed by atoms with Gasteiger partial charge in [-0.1, -0.05) is 6.07 Å². The Morgan fingerprint density at radius 2 is 1.96 bits per heavy atom. The van der Waals surface area contributed by atoms with Crippen molar-refractivity contribution in [1.29, 1.82) is 0 Å². The number of carbonyl (C=O) groups is 2. The van der Waals surface area contributed by atoms with Crippen LogP contribution in [-0.4, -0.2) is 33.6 Å². The topological polar surface area (TPSA) is 64.4 Å². The Hall–Kier alpha value is -2.63. The zero-order chi connectivity index (χ0) is 19.0. The molecule has 138 valence electrons. The molecule has 0 radical (unpaired) electrons. The number of aromatic nitrogens is 2. The first-order valence-corrected chi connectivity index (χ1v) is 8.81. The number of piperidine rings is 1. The maximum absolute atomic E-state index is 13.0. The normalized spacial score (nSPS) is 20.3. The molecule has 3 rings (SSSR count). The van der Waals surface area contributed by atoms with Gasteiger partial charge in [0.15, 0.2) is 0 Å². The molecule has 26 heavy (non-hydrogen) atoms. The Morgan fingerprint density at radius 1 is 1.23 bits per heavy atom. The number of benzene rings is 1. The SMILES string of the molecule is Cc1cc(C)c(C)c(OC(=O)[C@@H]2CCC(=O)N(C)[C@H]2c2cnn(C)c2)c1. The van der Waals surface area contributed by atoms with Gasteiger partial charge >= 0.3 is 5.97 Å². The lowest BCUT2D eigenvalue weighted by Gasteiger charge is -2.37. The smallest absolute Gasteiger partial charge is 0.316 e. The van der Waals surface area contributed by atoms with Crippen LogP contribution in [0.4, 0.5) is 0 Å². The van der Waals surface area contributed by atoms with Crippen molar-refractivity contribution in [2.75, 3.05) is 7.05 Å². The maximum Gasteiger partial charge on any atom is 0.316 e. The maximum atomic E-state index is 13.0. The summed E-state index contributed by atoms with van der Waals surface area (Å²) in [6.45, 7) is 5.94. The third-order valence-corrected chi connectivity index (χ3v) is 5.20. The minimum atomic E-state index is -0.415. The summed E-state index contributed by atoms with van der Waals surface area (Å²) in [5, 5.41) is 4.19. The number of rotatable bonds is 3. The molecule has 1 amide bonds. The van der Waals surface area contributed by atoms with Gasteiger partial charge in [0.25, 0.3) is 0 Å². The van der Waals surface area contributed by atoms with Crippen LogP contribution >= 0.6 is 0 Å². The minimum absolute atomic E-state index is 0.0329. The van der Waals surface area contributed by atoms with Crippen molar-refractivity contribution >= 4 is 11.9 Å². The lowest BCUT2D eigenvalue weighted by Crippen LogP contribution is -2.44. The Morgan fingerprint density at radius 3 is 2.62 bits per heavy atom. The first-order valence-electron chi connectivity index (χ1n) is 8.81. The number of hydrogen-bond donors (Lipinski definition) is 0. The third-order valence-electron chi connectivity index (χ3n) is 5.20. The van der Waals surface area contributed by atoms with E-state index in [9.17, 15) is 9.59 Å². The monoisotopic (exact) mass is 355 g/mol. The highest BCUT2D eigenvalue weighted by Crippen LogP contribution is 2.37. The van der Waals surface area contributed by atoms with E-state index in [1.165, 1.54) is 0 Å². The second-order valence-corrected chi connectivity index (χ2v) is 7.17. The molecule has 0 bridgehead atoms. The van der Waals surface area contributed by atoms with Crippen LogP contribution in [0.5, 0.6) is 5.75 Å². The van der Waals surface area contributed by atoms with Crippen LogP contribution in [0.15, 0.2) is 24.5 Å². The first kappa shape index (κ1) is 18.2. The van der Waals surface area contributed by atoms with Gasteiger partial charge in [0, 0.05) is 32.3 Å². The van der Waals surface area contributed by atoms with E-state index in [-0.39, 0.29) is 17.9 Å². The molecule has 2 aromatic rings. The predicted octanol–water partition coefficient (Wildman–Crippen LogP) is 2.86. The zero-order valence-electron chi connectivity index (χ0n) is 15.9. The minimum Gasteiger partial charge on any atom is -0.426 e. The van der Waals surface area contributed by atoms with Crippen LogP contribution in [0.2, 0.25) is 0 Å². The van der Waals surface area contributed by atoms with E-state index in [0.29, 0.717) is 18.6 Å². The molecule has 6 nitrogen and oxygen atoms in total. The fraction of sp³-hybridized carbons (Fsp3) is 0.450. The summed E-state index contributed by atoms with van der Waals surface area (Å²) in [7, 11) is 3.56. The van der Waals surface area contributed by atoms with E-state index in [0.717, 1.165) is 22.3 Å². The molecule has 0 saturated carbocycles. The molecule has 0 N–H and O–H groups in total. The third kappa shape index (κ3) is 3.36. The Bertz CT molecular complexity index is 856. The lowest BCUT2D eigenvalue weighted by molar-refractivity contribution is -0.149. The molecule has 2 heterocycles. The van der Waals surface area contributed by atoms with E-state index in [4.69, 9.17) is 4.74 Å². The fourth-order valence-electron chi connectivity index (χ4n) is 3.62. The fourth-order valence-corrected chi connectivity index (χ4v) is 3.62. The molecule has 1 aromatic carbocycles. The molecule has 1 aromatic heterocycles. The molecule has 0 aliphatic carbocycles. The van der Waals surface area contributed by atoms with Crippen LogP contribution in [0.25, 0.3) is 0 Å².